The Kier molecular flexibility index (Phi) is 4.59. The fourth-order valence-electron chi connectivity index (χ4n) is 2.10. The molecule has 17 heavy (non-hydrogen) atoms. The molecule has 3 nitrogen and oxygen atoms in total. The summed E-state index contributed by atoms with van der Waals surface area (Å²) in [4.78, 5) is 13.2. The fourth-order valence-corrected chi connectivity index (χ4v) is 3.53. The van der Waals surface area contributed by atoms with Crippen molar-refractivity contribution in [1.82, 2.24) is 5.32 Å². The number of halogens is 1. The van der Waals surface area contributed by atoms with Gasteiger partial charge in [0, 0.05) is 11.5 Å². The van der Waals surface area contributed by atoms with Crippen molar-refractivity contribution in [2.75, 3.05) is 6.61 Å². The third-order valence-corrected chi connectivity index (χ3v) is 4.64. The van der Waals surface area contributed by atoms with Crippen LogP contribution < -0.4 is 5.32 Å². The van der Waals surface area contributed by atoms with Gasteiger partial charge in [0.15, 0.2) is 0 Å². The highest BCUT2D eigenvalue weighted by Crippen LogP contribution is 2.24. The lowest BCUT2D eigenvalue weighted by Gasteiger charge is -2.15. The van der Waals surface area contributed by atoms with Gasteiger partial charge in [0.25, 0.3) is 0 Å². The molecule has 0 saturated carbocycles. The maximum Gasteiger partial charge on any atom is 0.226 e. The maximum absolute atomic E-state index is 12.0. The number of rotatable bonds is 4. The van der Waals surface area contributed by atoms with Crippen molar-refractivity contribution in [2.45, 2.75) is 32.4 Å². The SMILES string of the molecule is CCC1OCCC1C(=O)NCc1ccc(Br)s1. The van der Waals surface area contributed by atoms with Crippen LogP contribution in [-0.2, 0) is 16.1 Å². The molecule has 0 radical (unpaired) electrons. The molecule has 1 amide bonds. The van der Waals surface area contributed by atoms with Gasteiger partial charge < -0.3 is 10.1 Å². The number of carbonyl (C=O) groups is 1. The average Bonchev–Trinajstić information content (AvgIpc) is 2.94. The van der Waals surface area contributed by atoms with Gasteiger partial charge in [-0.05, 0) is 40.9 Å². The van der Waals surface area contributed by atoms with E-state index in [1.54, 1.807) is 11.3 Å². The van der Waals surface area contributed by atoms with Crippen molar-refractivity contribution < 1.29 is 9.53 Å². The summed E-state index contributed by atoms with van der Waals surface area (Å²) in [6, 6.07) is 4.02. The Morgan fingerprint density at radius 2 is 2.47 bits per heavy atom. The number of thiophene rings is 1. The van der Waals surface area contributed by atoms with Gasteiger partial charge in [-0.1, -0.05) is 6.92 Å². The van der Waals surface area contributed by atoms with E-state index in [2.05, 4.69) is 28.2 Å². The van der Waals surface area contributed by atoms with E-state index in [-0.39, 0.29) is 17.9 Å². The summed E-state index contributed by atoms with van der Waals surface area (Å²) in [7, 11) is 0. The quantitative estimate of drug-likeness (QED) is 0.927. The molecule has 94 valence electrons. The van der Waals surface area contributed by atoms with Crippen LogP contribution in [0.15, 0.2) is 15.9 Å². The molecule has 1 aromatic rings. The van der Waals surface area contributed by atoms with Crippen LogP contribution in [0.2, 0.25) is 0 Å². The lowest BCUT2D eigenvalue weighted by atomic mass is 9.99. The minimum absolute atomic E-state index is 0.0309. The fraction of sp³-hybridized carbons (Fsp3) is 0.583. The first-order valence-electron chi connectivity index (χ1n) is 5.84. The molecule has 1 N–H and O–H groups in total. The molecule has 1 saturated heterocycles. The monoisotopic (exact) mass is 317 g/mol. The number of hydrogen-bond acceptors (Lipinski definition) is 3. The van der Waals surface area contributed by atoms with Crippen LogP contribution in [-0.4, -0.2) is 18.6 Å². The molecule has 0 spiro atoms. The van der Waals surface area contributed by atoms with E-state index in [4.69, 9.17) is 4.74 Å². The second-order valence-electron chi connectivity index (χ2n) is 4.14. The lowest BCUT2D eigenvalue weighted by molar-refractivity contribution is -0.126. The predicted molar refractivity (Wildman–Crippen MR) is 72.0 cm³/mol. The van der Waals surface area contributed by atoms with Crippen LogP contribution in [0.1, 0.15) is 24.6 Å². The molecule has 0 aromatic carbocycles. The van der Waals surface area contributed by atoms with Gasteiger partial charge in [-0.3, -0.25) is 4.79 Å². The Hall–Kier alpha value is -0.390. The molecule has 2 atom stereocenters. The van der Waals surface area contributed by atoms with Crippen LogP contribution >= 0.6 is 27.3 Å². The molecular weight excluding hydrogens is 302 g/mol. The van der Waals surface area contributed by atoms with E-state index < -0.39 is 0 Å². The van der Waals surface area contributed by atoms with E-state index in [9.17, 15) is 4.79 Å². The van der Waals surface area contributed by atoms with E-state index in [1.807, 2.05) is 12.1 Å². The molecule has 2 unspecified atom stereocenters. The summed E-state index contributed by atoms with van der Waals surface area (Å²) in [5, 5.41) is 2.99. The van der Waals surface area contributed by atoms with Gasteiger partial charge in [0.05, 0.1) is 22.4 Å². The minimum Gasteiger partial charge on any atom is -0.377 e. The van der Waals surface area contributed by atoms with Crippen molar-refractivity contribution in [1.29, 1.82) is 0 Å². The Labute approximate surface area is 114 Å². The Balaban J connectivity index is 1.84. The Morgan fingerprint density at radius 1 is 1.65 bits per heavy atom. The molecule has 1 aliphatic rings. The molecular formula is C12H16BrNO2S. The summed E-state index contributed by atoms with van der Waals surface area (Å²) in [6.45, 7) is 3.38. The number of nitrogens with one attached hydrogen (secondary N) is 1. The number of carbonyl (C=O) groups excluding carboxylic acids is 1. The maximum atomic E-state index is 12.0. The van der Waals surface area contributed by atoms with Crippen LogP contribution in [0.5, 0.6) is 0 Å². The zero-order valence-corrected chi connectivity index (χ0v) is 12.1. The van der Waals surface area contributed by atoms with Crippen molar-refractivity contribution in [3.8, 4) is 0 Å². The zero-order valence-electron chi connectivity index (χ0n) is 9.74. The van der Waals surface area contributed by atoms with Crippen molar-refractivity contribution in [3.63, 3.8) is 0 Å². The number of amides is 1. The molecule has 2 rings (SSSR count). The second-order valence-corrected chi connectivity index (χ2v) is 6.68. The van der Waals surface area contributed by atoms with Gasteiger partial charge in [-0.25, -0.2) is 0 Å². The third-order valence-electron chi connectivity index (χ3n) is 3.01. The van der Waals surface area contributed by atoms with Gasteiger partial charge in [-0.15, -0.1) is 11.3 Å². The largest absolute Gasteiger partial charge is 0.377 e. The Morgan fingerprint density at radius 3 is 3.12 bits per heavy atom. The van der Waals surface area contributed by atoms with Crippen molar-refractivity contribution >= 4 is 33.2 Å². The first-order valence-corrected chi connectivity index (χ1v) is 7.45. The summed E-state index contributed by atoms with van der Waals surface area (Å²) < 4.78 is 6.62. The highest BCUT2D eigenvalue weighted by atomic mass is 79.9. The molecule has 0 aliphatic carbocycles. The third kappa shape index (κ3) is 3.30. The van der Waals surface area contributed by atoms with Gasteiger partial charge in [0.2, 0.25) is 5.91 Å². The molecule has 1 aliphatic heterocycles. The molecule has 1 fully saturated rings. The second kappa shape index (κ2) is 5.98. The topological polar surface area (TPSA) is 38.3 Å². The Bertz CT molecular complexity index is 394. The van der Waals surface area contributed by atoms with Gasteiger partial charge in [0.1, 0.15) is 0 Å². The summed E-state index contributed by atoms with van der Waals surface area (Å²) in [6.07, 6.45) is 1.85. The number of ether oxygens (including phenoxy) is 1. The molecule has 5 heteroatoms. The van der Waals surface area contributed by atoms with Crippen LogP contribution in [0, 0.1) is 5.92 Å². The number of hydrogen-bond donors (Lipinski definition) is 1. The predicted octanol–water partition coefficient (Wildman–Crippen LogP) is 2.94. The van der Waals surface area contributed by atoms with Gasteiger partial charge in [-0.2, -0.15) is 0 Å². The highest BCUT2D eigenvalue weighted by molar-refractivity contribution is 9.11. The minimum atomic E-state index is 0.0309. The van der Waals surface area contributed by atoms with Gasteiger partial charge >= 0.3 is 0 Å². The van der Waals surface area contributed by atoms with E-state index in [1.165, 1.54) is 0 Å². The standard InChI is InChI=1S/C12H16BrNO2S/c1-2-10-9(5-6-16-10)12(15)14-7-8-3-4-11(13)17-8/h3-4,9-10H,2,5-7H2,1H3,(H,14,15). The molecule has 1 aromatic heterocycles. The normalized spacial score (nSPS) is 23.9. The zero-order chi connectivity index (χ0) is 12.3. The molecule has 2 heterocycles. The van der Waals surface area contributed by atoms with E-state index in [0.29, 0.717) is 13.2 Å². The first kappa shape index (κ1) is 13.1. The van der Waals surface area contributed by atoms with E-state index >= 15 is 0 Å². The smallest absolute Gasteiger partial charge is 0.226 e. The van der Waals surface area contributed by atoms with Crippen molar-refractivity contribution in [2.24, 2.45) is 5.92 Å². The van der Waals surface area contributed by atoms with Crippen LogP contribution in [0.4, 0.5) is 0 Å². The average molecular weight is 318 g/mol. The summed E-state index contributed by atoms with van der Waals surface area (Å²) in [5.74, 6) is 0.155. The van der Waals surface area contributed by atoms with E-state index in [0.717, 1.165) is 21.5 Å². The summed E-state index contributed by atoms with van der Waals surface area (Å²) in [5.41, 5.74) is 0. The van der Waals surface area contributed by atoms with Crippen LogP contribution in [0.3, 0.4) is 0 Å². The van der Waals surface area contributed by atoms with Crippen molar-refractivity contribution in [3.05, 3.63) is 20.8 Å². The first-order chi connectivity index (χ1) is 8.20. The van der Waals surface area contributed by atoms with Crippen LogP contribution in [0.25, 0.3) is 0 Å². The lowest BCUT2D eigenvalue weighted by Crippen LogP contribution is -2.34. The highest BCUT2D eigenvalue weighted by Gasteiger charge is 2.32. The molecule has 0 bridgehead atoms. The summed E-state index contributed by atoms with van der Waals surface area (Å²) >= 11 is 5.06.